The van der Waals surface area contributed by atoms with Gasteiger partial charge in [0.1, 0.15) is 5.78 Å². The molecule has 0 aromatic heterocycles. The van der Waals surface area contributed by atoms with Crippen LogP contribution >= 0.6 is 0 Å². The summed E-state index contributed by atoms with van der Waals surface area (Å²) >= 11 is 0. The fraction of sp³-hybridized carbons (Fsp3) is 0.682. The van der Waals surface area contributed by atoms with Crippen molar-refractivity contribution in [2.24, 2.45) is 0 Å². The van der Waals surface area contributed by atoms with Gasteiger partial charge in [-0.3, -0.25) is 4.79 Å². The molecular formula is C22H35NO5S2. The Morgan fingerprint density at radius 3 is 2.27 bits per heavy atom. The molecule has 0 unspecified atom stereocenters. The molecular weight excluding hydrogens is 422 g/mol. The third-order valence-electron chi connectivity index (χ3n) is 5.55. The van der Waals surface area contributed by atoms with Crippen LogP contribution < -0.4 is 0 Å². The van der Waals surface area contributed by atoms with Gasteiger partial charge in [-0.2, -0.15) is 4.31 Å². The fourth-order valence-corrected chi connectivity index (χ4v) is 6.27. The number of sulfone groups is 1. The maximum atomic E-state index is 12.8. The van der Waals surface area contributed by atoms with Crippen LogP contribution in [0, 0.1) is 0 Å². The smallest absolute Gasteiger partial charge is 0.243 e. The number of benzene rings is 1. The van der Waals surface area contributed by atoms with Crippen LogP contribution in [-0.2, 0) is 31.1 Å². The largest absolute Gasteiger partial charge is 0.299 e. The third kappa shape index (κ3) is 6.89. The number of hydrogen-bond donors (Lipinski definition) is 0. The minimum absolute atomic E-state index is 0.0428. The number of hydrogen-bond acceptors (Lipinski definition) is 5. The Bertz CT molecular complexity index is 925. The minimum Gasteiger partial charge on any atom is -0.299 e. The molecule has 1 aromatic carbocycles. The van der Waals surface area contributed by atoms with E-state index in [4.69, 9.17) is 0 Å². The van der Waals surface area contributed by atoms with Crippen LogP contribution in [0.3, 0.4) is 0 Å². The lowest BCUT2D eigenvalue weighted by Gasteiger charge is -2.26. The van der Waals surface area contributed by atoms with Crippen molar-refractivity contribution in [3.8, 4) is 0 Å². The molecule has 0 bridgehead atoms. The first-order valence-electron chi connectivity index (χ1n) is 10.8. The van der Waals surface area contributed by atoms with Crippen molar-refractivity contribution in [1.82, 2.24) is 4.31 Å². The molecule has 0 amide bonds. The van der Waals surface area contributed by atoms with Gasteiger partial charge in [0.15, 0.2) is 9.84 Å². The number of unbranched alkanes of at least 4 members (excludes halogenated alkanes) is 2. The summed E-state index contributed by atoms with van der Waals surface area (Å²) < 4.78 is 50.6. The highest BCUT2D eigenvalue weighted by Crippen LogP contribution is 2.22. The molecule has 2 rings (SSSR count). The van der Waals surface area contributed by atoms with Crippen molar-refractivity contribution in [3.05, 3.63) is 29.8 Å². The molecule has 0 N–H and O–H groups in total. The van der Waals surface area contributed by atoms with E-state index in [1.165, 1.54) is 4.31 Å². The van der Waals surface area contributed by atoms with E-state index in [1.54, 1.807) is 45.0 Å². The topological polar surface area (TPSA) is 88.6 Å². The number of rotatable bonds is 10. The van der Waals surface area contributed by atoms with Gasteiger partial charge in [0.2, 0.25) is 10.0 Å². The van der Waals surface area contributed by atoms with Crippen molar-refractivity contribution in [2.45, 2.75) is 81.8 Å². The SMILES string of the molecule is CC(C)(C)S(=O)(=O)CCCCCC(=O)Cc1cccc(S(=O)(=O)N2CCCCC2)c1. The van der Waals surface area contributed by atoms with Gasteiger partial charge in [0.05, 0.1) is 15.4 Å². The average molecular weight is 458 g/mol. The quantitative estimate of drug-likeness (QED) is 0.499. The molecule has 1 saturated heterocycles. The molecule has 170 valence electrons. The highest BCUT2D eigenvalue weighted by atomic mass is 32.2. The van der Waals surface area contributed by atoms with Crippen LogP contribution in [-0.4, -0.2) is 50.5 Å². The summed E-state index contributed by atoms with van der Waals surface area (Å²) in [5.74, 6) is 0.183. The lowest BCUT2D eigenvalue weighted by Crippen LogP contribution is -2.35. The van der Waals surface area contributed by atoms with E-state index in [2.05, 4.69) is 0 Å². The van der Waals surface area contributed by atoms with Crippen LogP contribution in [0.15, 0.2) is 29.2 Å². The second-order valence-electron chi connectivity index (χ2n) is 9.07. The summed E-state index contributed by atoms with van der Waals surface area (Å²) in [6, 6.07) is 6.67. The van der Waals surface area contributed by atoms with Gasteiger partial charge in [-0.15, -0.1) is 0 Å². The Kier molecular flexibility index (Phi) is 8.65. The maximum absolute atomic E-state index is 12.8. The van der Waals surface area contributed by atoms with Gasteiger partial charge in [0.25, 0.3) is 0 Å². The van der Waals surface area contributed by atoms with E-state index in [9.17, 15) is 21.6 Å². The zero-order valence-electron chi connectivity index (χ0n) is 18.4. The average Bonchev–Trinajstić information content (AvgIpc) is 2.67. The molecule has 1 fully saturated rings. The highest BCUT2D eigenvalue weighted by Gasteiger charge is 2.28. The lowest BCUT2D eigenvalue weighted by molar-refractivity contribution is -0.118. The van der Waals surface area contributed by atoms with E-state index < -0.39 is 24.6 Å². The maximum Gasteiger partial charge on any atom is 0.243 e. The standard InChI is InChI=1S/C22H35NO5S2/c1-22(2,3)29(25,26)16-9-4-6-12-20(24)17-19-11-10-13-21(18-19)30(27,28)23-14-7-5-8-15-23/h10-11,13,18H,4-9,12,14-17H2,1-3H3. The van der Waals surface area contributed by atoms with Crippen LogP contribution in [0.1, 0.15) is 71.3 Å². The number of carbonyl (C=O) groups excluding carboxylic acids is 1. The van der Waals surface area contributed by atoms with Crippen molar-refractivity contribution in [3.63, 3.8) is 0 Å². The fourth-order valence-electron chi connectivity index (χ4n) is 3.48. The molecule has 6 nitrogen and oxygen atoms in total. The van der Waals surface area contributed by atoms with Gasteiger partial charge < -0.3 is 0 Å². The normalized spacial score (nSPS) is 16.5. The highest BCUT2D eigenvalue weighted by molar-refractivity contribution is 7.92. The van der Waals surface area contributed by atoms with E-state index in [-0.39, 0.29) is 22.9 Å². The molecule has 30 heavy (non-hydrogen) atoms. The van der Waals surface area contributed by atoms with Crippen LogP contribution in [0.2, 0.25) is 0 Å². The monoisotopic (exact) mass is 457 g/mol. The summed E-state index contributed by atoms with van der Waals surface area (Å²) in [6.45, 7) is 6.20. The summed E-state index contributed by atoms with van der Waals surface area (Å²) in [5, 5.41) is 0. The first-order chi connectivity index (χ1) is 13.9. The molecule has 0 spiro atoms. The van der Waals surface area contributed by atoms with E-state index >= 15 is 0 Å². The first kappa shape index (κ1) is 25.0. The first-order valence-corrected chi connectivity index (χ1v) is 13.9. The van der Waals surface area contributed by atoms with Crippen LogP contribution in [0.4, 0.5) is 0 Å². The van der Waals surface area contributed by atoms with E-state index in [1.807, 2.05) is 0 Å². The number of Topliss-reactive ketones (excluding diaryl/α,β-unsaturated/α-hetero) is 1. The second kappa shape index (κ2) is 10.4. The molecule has 8 heteroatoms. The Balaban J connectivity index is 1.84. The molecule has 0 saturated carbocycles. The summed E-state index contributed by atoms with van der Waals surface area (Å²) in [6.07, 6.45) is 5.28. The Hall–Kier alpha value is -1.25. The predicted octanol–water partition coefficient (Wildman–Crippen LogP) is 3.75. The summed E-state index contributed by atoms with van der Waals surface area (Å²) in [4.78, 5) is 12.6. The second-order valence-corrected chi connectivity index (χ2v) is 13.9. The van der Waals surface area contributed by atoms with Gasteiger partial charge >= 0.3 is 0 Å². The molecule has 1 aliphatic rings. The van der Waals surface area contributed by atoms with E-state index in [0.717, 1.165) is 19.3 Å². The number of carbonyl (C=O) groups is 1. The Labute approximate surface area is 182 Å². The summed E-state index contributed by atoms with van der Waals surface area (Å²) in [5.41, 5.74) is 0.702. The Morgan fingerprint density at radius 1 is 0.967 bits per heavy atom. The lowest BCUT2D eigenvalue weighted by atomic mass is 10.0. The van der Waals surface area contributed by atoms with Crippen molar-refractivity contribution < 1.29 is 21.6 Å². The zero-order valence-corrected chi connectivity index (χ0v) is 20.0. The summed E-state index contributed by atoms with van der Waals surface area (Å²) in [7, 11) is -6.63. The molecule has 1 heterocycles. The molecule has 1 aromatic rings. The number of piperidine rings is 1. The predicted molar refractivity (Wildman–Crippen MR) is 120 cm³/mol. The van der Waals surface area contributed by atoms with E-state index in [0.29, 0.717) is 44.3 Å². The minimum atomic E-state index is -3.51. The molecule has 0 radical (unpaired) electrons. The number of nitrogens with zero attached hydrogens (tertiary/aromatic N) is 1. The van der Waals surface area contributed by atoms with Gasteiger partial charge in [-0.25, -0.2) is 16.8 Å². The van der Waals surface area contributed by atoms with Gasteiger partial charge in [0, 0.05) is 25.9 Å². The van der Waals surface area contributed by atoms with Gasteiger partial charge in [-0.05, 0) is 64.2 Å². The zero-order chi connectivity index (χ0) is 22.4. The number of ketones is 1. The van der Waals surface area contributed by atoms with Gasteiger partial charge in [-0.1, -0.05) is 25.0 Å². The molecule has 1 aliphatic heterocycles. The number of sulfonamides is 1. The van der Waals surface area contributed by atoms with Crippen molar-refractivity contribution in [2.75, 3.05) is 18.8 Å². The Morgan fingerprint density at radius 2 is 1.63 bits per heavy atom. The van der Waals surface area contributed by atoms with Crippen molar-refractivity contribution >= 4 is 25.6 Å². The van der Waals surface area contributed by atoms with Crippen molar-refractivity contribution in [1.29, 1.82) is 0 Å². The van der Waals surface area contributed by atoms with Crippen LogP contribution in [0.5, 0.6) is 0 Å². The molecule has 0 aliphatic carbocycles. The third-order valence-corrected chi connectivity index (χ3v) is 10.1. The molecule has 0 atom stereocenters. The van der Waals surface area contributed by atoms with Crippen LogP contribution in [0.25, 0.3) is 0 Å².